The molecule has 0 unspecified atom stereocenters. The third kappa shape index (κ3) is 5.62. The number of hydrogen-bond acceptors (Lipinski definition) is 7. The number of rotatable bonds is 5. The molecule has 0 spiro atoms. The quantitative estimate of drug-likeness (QED) is 0.253. The van der Waals surface area contributed by atoms with Gasteiger partial charge in [0.1, 0.15) is 5.69 Å². The molecule has 0 bridgehead atoms. The smallest absolute Gasteiger partial charge is 0.494 e. The fourth-order valence-electron chi connectivity index (χ4n) is 3.25. The summed E-state index contributed by atoms with van der Waals surface area (Å²) in [4.78, 5) is 6.90. The molecule has 1 saturated heterocycles. The summed E-state index contributed by atoms with van der Waals surface area (Å²) >= 11 is 0. The van der Waals surface area contributed by atoms with Crippen LogP contribution in [0.1, 0.15) is 39.0 Å². The molecule has 13 heteroatoms. The normalized spacial score (nSPS) is 17.6. The van der Waals surface area contributed by atoms with Crippen molar-refractivity contribution < 1.29 is 36.8 Å². The number of benzene rings is 1. The van der Waals surface area contributed by atoms with Gasteiger partial charge in [0.2, 0.25) is 11.8 Å². The van der Waals surface area contributed by atoms with Gasteiger partial charge in [-0.1, -0.05) is 24.3 Å². The van der Waals surface area contributed by atoms with E-state index in [0.29, 0.717) is 12.6 Å². The summed E-state index contributed by atoms with van der Waals surface area (Å²) in [6, 6.07) is 8.61. The van der Waals surface area contributed by atoms with Crippen molar-refractivity contribution in [3.05, 3.63) is 60.0 Å². The molecule has 184 valence electrons. The maximum atomic E-state index is 12.8. The number of nitrogens with one attached hydrogen (secondary N) is 1. The molecule has 9 nitrogen and oxygen atoms in total. The van der Waals surface area contributed by atoms with Crippen LogP contribution in [0, 0.1) is 0 Å². The van der Waals surface area contributed by atoms with Gasteiger partial charge in [-0.3, -0.25) is 9.51 Å². The van der Waals surface area contributed by atoms with E-state index in [2.05, 4.69) is 20.6 Å². The largest absolute Gasteiger partial charge is 0.846 e. The summed E-state index contributed by atoms with van der Waals surface area (Å²) in [6.07, 6.45) is -2.29. The molecule has 0 atom stereocenters. The highest BCUT2D eigenvalue weighted by molar-refractivity contribution is 6.62. The maximum absolute atomic E-state index is 12.8. The van der Waals surface area contributed by atoms with E-state index in [1.807, 2.05) is 52.0 Å². The topological polar surface area (TPSA) is 109 Å². The number of alkyl halides is 3. The molecule has 3 aromatic rings. The molecule has 1 aliphatic heterocycles. The summed E-state index contributed by atoms with van der Waals surface area (Å²) in [5.74, 6) is -0.110. The molecule has 1 aliphatic rings. The second-order valence-electron chi connectivity index (χ2n) is 9.04. The Hall–Kier alpha value is -3.45. The predicted molar refractivity (Wildman–Crippen MR) is 118 cm³/mol. The average Bonchev–Trinajstić information content (AvgIpc) is 3.28. The monoisotopic (exact) mass is 489 g/mol. The van der Waals surface area contributed by atoms with E-state index in [4.69, 9.17) is 13.8 Å². The van der Waals surface area contributed by atoms with E-state index in [-0.39, 0.29) is 11.6 Å². The van der Waals surface area contributed by atoms with Gasteiger partial charge in [-0.2, -0.15) is 13.2 Å². The third-order valence-electron chi connectivity index (χ3n) is 5.86. The van der Waals surface area contributed by atoms with Crippen molar-refractivity contribution in [2.75, 3.05) is 5.32 Å². The zero-order valence-electron chi connectivity index (χ0n) is 19.5. The van der Waals surface area contributed by atoms with Gasteiger partial charge in [-0.05, 0) is 50.0 Å². The van der Waals surface area contributed by atoms with E-state index < -0.39 is 36.2 Å². The first kappa shape index (κ1) is 24.7. The van der Waals surface area contributed by atoms with Gasteiger partial charge >= 0.3 is 19.2 Å². The Labute approximate surface area is 199 Å². The first-order chi connectivity index (χ1) is 16.3. The second-order valence-corrected chi connectivity index (χ2v) is 9.04. The Kier molecular flexibility index (Phi) is 6.32. The van der Waals surface area contributed by atoms with Gasteiger partial charge in [-0.25, -0.2) is 4.99 Å². The minimum absolute atomic E-state index is 0.101. The van der Waals surface area contributed by atoms with Crippen molar-refractivity contribution in [3.63, 3.8) is 0 Å². The van der Waals surface area contributed by atoms with E-state index in [0.717, 1.165) is 17.2 Å². The molecule has 4 rings (SSSR count). The fourth-order valence-corrected chi connectivity index (χ4v) is 3.25. The number of nitrogens with zero attached hydrogens (tertiary/aromatic N) is 4. The van der Waals surface area contributed by atoms with Crippen LogP contribution in [-0.2, 0) is 22.0 Å². The van der Waals surface area contributed by atoms with Crippen molar-refractivity contribution in [2.45, 2.75) is 51.6 Å². The first-order valence-electron chi connectivity index (χ1n) is 10.7. The van der Waals surface area contributed by atoms with Crippen LogP contribution in [0.25, 0.3) is 0 Å². The fraction of sp³-hybridized carbons (Fsp3) is 0.364. The van der Waals surface area contributed by atoms with Crippen LogP contribution >= 0.6 is 0 Å². The van der Waals surface area contributed by atoms with Crippen molar-refractivity contribution in [3.8, 4) is 0 Å². The van der Waals surface area contributed by atoms with Crippen LogP contribution in [0.4, 0.5) is 24.7 Å². The Morgan fingerprint density at radius 2 is 1.77 bits per heavy atom. The van der Waals surface area contributed by atoms with E-state index in [1.165, 1.54) is 16.9 Å². The minimum Gasteiger partial charge on any atom is -0.846 e. The second kappa shape index (κ2) is 8.97. The van der Waals surface area contributed by atoms with Gasteiger partial charge in [0.15, 0.2) is 0 Å². The summed E-state index contributed by atoms with van der Waals surface area (Å²) in [5.41, 5.74) is -0.313. The number of anilines is 1. The third-order valence-corrected chi connectivity index (χ3v) is 5.86. The molecule has 0 aliphatic carbocycles. The predicted octanol–water partition coefficient (Wildman–Crippen LogP) is 2.18. The molecular weight excluding hydrogens is 466 g/mol. The molecule has 3 heterocycles. The molecule has 1 N–H and O–H groups in total. The van der Waals surface area contributed by atoms with E-state index in [9.17, 15) is 18.3 Å². The van der Waals surface area contributed by atoms with Gasteiger partial charge in [0.25, 0.3) is 6.20 Å². The molecule has 0 amide bonds. The number of aromatic nitrogens is 3. The summed E-state index contributed by atoms with van der Waals surface area (Å²) in [6.45, 7) is 8.29. The molecule has 35 heavy (non-hydrogen) atoms. The highest BCUT2D eigenvalue weighted by Crippen LogP contribution is 2.36. The van der Waals surface area contributed by atoms with Gasteiger partial charge in [-0.15, -0.1) is 0 Å². The highest BCUT2D eigenvalue weighted by atomic mass is 19.4. The molecule has 0 saturated carbocycles. The Bertz CT molecular complexity index is 1210. The maximum Gasteiger partial charge on any atom is 0.494 e. The zero-order chi connectivity index (χ0) is 25.4. The lowest BCUT2D eigenvalue weighted by molar-refractivity contribution is -0.754. The van der Waals surface area contributed by atoms with Crippen LogP contribution < -0.4 is 20.6 Å². The lowest BCUT2D eigenvalue weighted by Gasteiger charge is -2.32. The Morgan fingerprint density at radius 3 is 2.40 bits per heavy atom. The number of aliphatic imine (C=N–C) groups is 1. The first-order valence-corrected chi connectivity index (χ1v) is 10.7. The lowest BCUT2D eigenvalue weighted by atomic mass is 9.79. The highest BCUT2D eigenvalue weighted by Gasteiger charge is 2.51. The number of halogens is 3. The van der Waals surface area contributed by atoms with Crippen molar-refractivity contribution in [1.29, 1.82) is 0 Å². The molecular formula is C22H23BF3N5O4. The van der Waals surface area contributed by atoms with Crippen LogP contribution in [0.5, 0.6) is 0 Å². The van der Waals surface area contributed by atoms with Gasteiger partial charge in [0, 0.05) is 17.4 Å². The molecule has 2 aromatic heterocycles. The number of hydrogen-bond donors (Lipinski definition) is 1. The minimum atomic E-state index is -4.63. The summed E-state index contributed by atoms with van der Waals surface area (Å²) in [7, 11) is -0.467. The van der Waals surface area contributed by atoms with Crippen molar-refractivity contribution in [2.24, 2.45) is 4.99 Å². The number of amidine groups is 1. The standard InChI is InChI=1S/C22H23BF3N5O4/c1-20(2)21(3,4)35-23(34-20)15-7-5-14(6-8-15)12-31-13-18(33-30-31)29-19(32)28-16-9-10-27-17(11-16)22(24,25)26/h5-11,13H,12H2,1-4H3,(H-,27,28,29,30,32). The number of pyridine rings is 1. The summed E-state index contributed by atoms with van der Waals surface area (Å²) < 4.78 is 56.8. The molecule has 1 aromatic carbocycles. The molecule has 0 radical (unpaired) electrons. The zero-order valence-corrected chi connectivity index (χ0v) is 19.5. The molecule has 1 fully saturated rings. The van der Waals surface area contributed by atoms with Crippen molar-refractivity contribution >= 4 is 30.2 Å². The van der Waals surface area contributed by atoms with Gasteiger partial charge < -0.3 is 19.7 Å². The Balaban J connectivity index is 1.38. The van der Waals surface area contributed by atoms with Crippen LogP contribution in [0.3, 0.4) is 0 Å². The SMILES string of the molecule is CC1(C)OB(c2ccc(C[n+]3cc(/N=C(\[O-])Nc4ccnc(C(F)(F)F)c4)on3)cc2)OC1(C)C. The van der Waals surface area contributed by atoms with Crippen molar-refractivity contribution in [1.82, 2.24) is 10.3 Å². The van der Waals surface area contributed by atoms with E-state index in [1.54, 1.807) is 0 Å². The van der Waals surface area contributed by atoms with Crippen LogP contribution in [-0.4, -0.2) is 34.6 Å². The van der Waals surface area contributed by atoms with Crippen LogP contribution in [0.2, 0.25) is 0 Å². The van der Waals surface area contributed by atoms with E-state index >= 15 is 0 Å². The van der Waals surface area contributed by atoms with Gasteiger partial charge in [0.05, 0.1) is 17.2 Å². The summed E-state index contributed by atoms with van der Waals surface area (Å²) in [5, 5.41) is 18.1. The van der Waals surface area contributed by atoms with Crippen LogP contribution in [0.15, 0.2) is 58.3 Å². The lowest BCUT2D eigenvalue weighted by Crippen LogP contribution is -2.41. The average molecular weight is 489 g/mol. The Morgan fingerprint density at radius 1 is 1.11 bits per heavy atom.